The van der Waals surface area contributed by atoms with Gasteiger partial charge in [0.15, 0.2) is 11.0 Å². The molecule has 30 heavy (non-hydrogen) atoms. The molecule has 4 rings (SSSR count). The Hall–Kier alpha value is -2.32. The molecule has 0 N–H and O–H groups in total. The van der Waals surface area contributed by atoms with Crippen molar-refractivity contribution in [2.75, 3.05) is 0 Å². The van der Waals surface area contributed by atoms with Crippen LogP contribution in [0.15, 0.2) is 53.7 Å². The highest BCUT2D eigenvalue weighted by atomic mass is 35.5. The minimum atomic E-state index is -4.48. The third-order valence-corrected chi connectivity index (χ3v) is 6.51. The van der Waals surface area contributed by atoms with Gasteiger partial charge in [0.2, 0.25) is 0 Å². The molecule has 0 saturated heterocycles. The van der Waals surface area contributed by atoms with Crippen LogP contribution in [0.25, 0.3) is 17.1 Å². The normalized spacial score (nSPS) is 17.3. The number of carbonyl (C=O) groups is 1. The van der Waals surface area contributed by atoms with Crippen LogP contribution in [0.4, 0.5) is 13.2 Å². The summed E-state index contributed by atoms with van der Waals surface area (Å²) in [7, 11) is 0. The second-order valence-electron chi connectivity index (χ2n) is 6.99. The molecule has 4 nitrogen and oxygen atoms in total. The molecule has 1 aromatic heterocycles. The largest absolute Gasteiger partial charge is 0.416 e. The summed E-state index contributed by atoms with van der Waals surface area (Å²) in [5.41, 5.74) is 0.0323. The van der Waals surface area contributed by atoms with E-state index in [4.69, 9.17) is 11.6 Å². The summed E-state index contributed by atoms with van der Waals surface area (Å²) in [6, 6.07) is 11.9. The minimum Gasteiger partial charge on any atom is -0.298 e. The molecular weight excluding hydrogens is 435 g/mol. The van der Waals surface area contributed by atoms with Gasteiger partial charge in [0.1, 0.15) is 5.78 Å². The molecule has 0 unspecified atom stereocenters. The zero-order valence-electron chi connectivity index (χ0n) is 15.7. The number of rotatable bonds is 4. The number of aromatic nitrogens is 3. The Kier molecular flexibility index (Phi) is 5.88. The summed E-state index contributed by atoms with van der Waals surface area (Å²) >= 11 is 7.57. The first-order valence-corrected chi connectivity index (χ1v) is 10.7. The van der Waals surface area contributed by atoms with Crippen LogP contribution in [0.2, 0.25) is 5.02 Å². The number of carbonyl (C=O) groups excluding carboxylic acids is 1. The SMILES string of the molecule is O=C1CCCC[C@@H]1Sc1nnc(-c2ccccc2Cl)n1-c1cccc(C(F)(F)F)c1. The van der Waals surface area contributed by atoms with Crippen molar-refractivity contribution in [3.05, 3.63) is 59.1 Å². The number of halogens is 4. The van der Waals surface area contributed by atoms with Gasteiger partial charge in [-0.2, -0.15) is 13.2 Å². The van der Waals surface area contributed by atoms with Gasteiger partial charge >= 0.3 is 6.18 Å². The van der Waals surface area contributed by atoms with E-state index >= 15 is 0 Å². The molecule has 1 saturated carbocycles. The van der Waals surface area contributed by atoms with Crippen molar-refractivity contribution in [3.63, 3.8) is 0 Å². The maximum Gasteiger partial charge on any atom is 0.416 e. The van der Waals surface area contributed by atoms with E-state index in [-0.39, 0.29) is 16.7 Å². The maximum absolute atomic E-state index is 13.3. The lowest BCUT2D eigenvalue weighted by Crippen LogP contribution is -2.21. The highest BCUT2D eigenvalue weighted by molar-refractivity contribution is 8.00. The van der Waals surface area contributed by atoms with Crippen molar-refractivity contribution in [1.29, 1.82) is 0 Å². The second kappa shape index (κ2) is 8.43. The Morgan fingerprint density at radius 1 is 1.07 bits per heavy atom. The molecule has 0 amide bonds. The monoisotopic (exact) mass is 451 g/mol. The molecule has 9 heteroatoms. The van der Waals surface area contributed by atoms with Crippen molar-refractivity contribution >= 4 is 29.1 Å². The average molecular weight is 452 g/mol. The van der Waals surface area contributed by atoms with E-state index in [2.05, 4.69) is 10.2 Å². The van der Waals surface area contributed by atoms with E-state index in [1.165, 1.54) is 17.8 Å². The lowest BCUT2D eigenvalue weighted by Gasteiger charge is -2.20. The molecule has 3 aromatic rings. The highest BCUT2D eigenvalue weighted by Gasteiger charge is 2.32. The molecule has 1 aliphatic carbocycles. The van der Waals surface area contributed by atoms with Gasteiger partial charge in [0.05, 0.1) is 21.5 Å². The average Bonchev–Trinajstić information content (AvgIpc) is 3.13. The molecule has 0 bridgehead atoms. The maximum atomic E-state index is 13.3. The Bertz CT molecular complexity index is 1080. The van der Waals surface area contributed by atoms with Crippen molar-refractivity contribution in [2.24, 2.45) is 0 Å². The molecule has 0 aliphatic heterocycles. The number of ketones is 1. The van der Waals surface area contributed by atoms with Gasteiger partial charge in [-0.3, -0.25) is 9.36 Å². The Labute approximate surface area is 180 Å². The predicted octanol–water partition coefficient (Wildman–Crippen LogP) is 6.21. The molecule has 1 atom stereocenters. The fourth-order valence-electron chi connectivity index (χ4n) is 3.42. The van der Waals surface area contributed by atoms with Crippen molar-refractivity contribution in [1.82, 2.24) is 14.8 Å². The van der Waals surface area contributed by atoms with E-state index in [9.17, 15) is 18.0 Å². The molecule has 1 heterocycles. The summed E-state index contributed by atoms with van der Waals surface area (Å²) in [4.78, 5) is 12.3. The molecule has 1 aliphatic rings. The number of hydrogen-bond acceptors (Lipinski definition) is 4. The number of thioether (sulfide) groups is 1. The summed E-state index contributed by atoms with van der Waals surface area (Å²) in [5.74, 6) is 0.454. The van der Waals surface area contributed by atoms with Crippen molar-refractivity contribution in [3.8, 4) is 17.1 Å². The zero-order valence-corrected chi connectivity index (χ0v) is 17.3. The lowest BCUT2D eigenvalue weighted by atomic mass is 9.99. The van der Waals surface area contributed by atoms with Crippen LogP contribution < -0.4 is 0 Å². The fourth-order valence-corrected chi connectivity index (χ4v) is 4.81. The van der Waals surface area contributed by atoms with E-state index in [0.717, 1.165) is 25.0 Å². The number of nitrogens with zero attached hydrogens (tertiary/aromatic N) is 3. The van der Waals surface area contributed by atoms with Gasteiger partial charge in [0, 0.05) is 12.0 Å². The van der Waals surface area contributed by atoms with Gasteiger partial charge < -0.3 is 0 Å². The van der Waals surface area contributed by atoms with Crippen LogP contribution in [0, 0.1) is 0 Å². The molecule has 156 valence electrons. The number of Topliss-reactive ketones (excluding diaryl/α,β-unsaturated/α-hetero) is 1. The lowest BCUT2D eigenvalue weighted by molar-refractivity contribution is -0.137. The first-order valence-electron chi connectivity index (χ1n) is 9.42. The van der Waals surface area contributed by atoms with E-state index in [0.29, 0.717) is 34.4 Å². The van der Waals surface area contributed by atoms with Crippen LogP contribution >= 0.6 is 23.4 Å². The second-order valence-corrected chi connectivity index (χ2v) is 8.57. The van der Waals surface area contributed by atoms with Gasteiger partial charge in [-0.1, -0.05) is 48.0 Å². The zero-order chi connectivity index (χ0) is 21.3. The third kappa shape index (κ3) is 4.25. The van der Waals surface area contributed by atoms with Crippen molar-refractivity contribution < 1.29 is 18.0 Å². The van der Waals surface area contributed by atoms with Crippen LogP contribution in [-0.4, -0.2) is 25.8 Å². The van der Waals surface area contributed by atoms with Gasteiger partial charge in [-0.05, 0) is 43.2 Å². The Morgan fingerprint density at radius 2 is 1.87 bits per heavy atom. The minimum absolute atomic E-state index is 0.129. The highest BCUT2D eigenvalue weighted by Crippen LogP contribution is 2.37. The Balaban J connectivity index is 1.84. The van der Waals surface area contributed by atoms with Gasteiger partial charge in [-0.25, -0.2) is 0 Å². The number of hydrogen-bond donors (Lipinski definition) is 0. The van der Waals surface area contributed by atoms with Crippen LogP contribution in [-0.2, 0) is 11.0 Å². The van der Waals surface area contributed by atoms with E-state index in [1.807, 2.05) is 0 Å². The Morgan fingerprint density at radius 3 is 2.60 bits per heavy atom. The van der Waals surface area contributed by atoms with Gasteiger partial charge in [0.25, 0.3) is 0 Å². The first-order chi connectivity index (χ1) is 14.3. The number of alkyl halides is 3. The predicted molar refractivity (Wildman–Crippen MR) is 110 cm³/mol. The van der Waals surface area contributed by atoms with E-state index < -0.39 is 11.7 Å². The summed E-state index contributed by atoms with van der Waals surface area (Å²) in [5, 5.41) is 8.92. The number of benzene rings is 2. The quantitative estimate of drug-likeness (QED) is 0.473. The standard InChI is InChI=1S/C21H17ClF3N3OS/c22-16-9-2-1-8-15(16)19-26-27-20(30-18-11-4-3-10-17(18)29)28(19)14-7-5-6-13(12-14)21(23,24)25/h1-2,5-9,12,18H,3-4,10-11H2/t18-/m0/s1. The van der Waals surface area contributed by atoms with Gasteiger partial charge in [-0.15, -0.1) is 10.2 Å². The van der Waals surface area contributed by atoms with Crippen LogP contribution in [0.3, 0.4) is 0 Å². The summed E-state index contributed by atoms with van der Waals surface area (Å²) in [6.07, 6.45) is -1.48. The first kappa shape index (κ1) is 20.9. The topological polar surface area (TPSA) is 47.8 Å². The third-order valence-electron chi connectivity index (χ3n) is 4.93. The molecular formula is C21H17ClF3N3OS. The van der Waals surface area contributed by atoms with Crippen LogP contribution in [0.1, 0.15) is 31.2 Å². The smallest absolute Gasteiger partial charge is 0.298 e. The van der Waals surface area contributed by atoms with E-state index in [1.54, 1.807) is 34.9 Å². The molecule has 1 fully saturated rings. The molecule has 2 aromatic carbocycles. The molecule has 0 radical (unpaired) electrons. The van der Waals surface area contributed by atoms with Crippen molar-refractivity contribution in [2.45, 2.75) is 42.3 Å². The summed E-state index contributed by atoms with van der Waals surface area (Å²) in [6.45, 7) is 0. The fraction of sp³-hybridized carbons (Fsp3) is 0.286. The molecule has 0 spiro atoms. The summed E-state index contributed by atoms with van der Waals surface area (Å²) < 4.78 is 41.5. The van der Waals surface area contributed by atoms with Crippen LogP contribution in [0.5, 0.6) is 0 Å².